The van der Waals surface area contributed by atoms with Crippen LogP contribution in [0.5, 0.6) is 0 Å². The second kappa shape index (κ2) is 7.34. The van der Waals surface area contributed by atoms with Crippen molar-refractivity contribution in [2.24, 2.45) is 13.0 Å². The van der Waals surface area contributed by atoms with E-state index in [1.807, 2.05) is 24.9 Å². The summed E-state index contributed by atoms with van der Waals surface area (Å²) >= 11 is 0. The van der Waals surface area contributed by atoms with E-state index in [9.17, 15) is 4.79 Å². The van der Waals surface area contributed by atoms with Crippen molar-refractivity contribution in [3.8, 4) is 0 Å². The number of hydrogen-bond acceptors (Lipinski definition) is 3. The fraction of sp³-hybridized carbons (Fsp3) is 0.765. The lowest BCUT2D eigenvalue weighted by atomic mass is 9.89. The van der Waals surface area contributed by atoms with Crippen molar-refractivity contribution in [1.29, 1.82) is 0 Å². The maximum atomic E-state index is 12.4. The van der Waals surface area contributed by atoms with Gasteiger partial charge in [-0.2, -0.15) is 5.10 Å². The fourth-order valence-corrected chi connectivity index (χ4v) is 3.78. The van der Waals surface area contributed by atoms with Gasteiger partial charge in [0.2, 0.25) is 0 Å². The highest BCUT2D eigenvalue weighted by atomic mass is 16.2. The lowest BCUT2D eigenvalue weighted by Gasteiger charge is -2.37. The first kappa shape index (κ1) is 16.3. The van der Waals surface area contributed by atoms with Crippen molar-refractivity contribution in [3.63, 3.8) is 0 Å². The molecule has 0 atom stereocenters. The van der Waals surface area contributed by atoms with Gasteiger partial charge in [0.25, 0.3) is 0 Å². The molecule has 128 valence electrons. The lowest BCUT2D eigenvalue weighted by molar-refractivity contribution is 0.125. The number of amides is 2. The second-order valence-corrected chi connectivity index (χ2v) is 7.02. The first-order valence-corrected chi connectivity index (χ1v) is 8.91. The standard InChI is InChI=1S/C17H29N5O/c1-14-12-16(20(2)19-14)18-17(23)22-10-8-21(9-11-22)13-15-6-4-3-5-7-15/h12,15H,3-11,13H2,1-2H3,(H,18,23). The third-order valence-corrected chi connectivity index (χ3v) is 5.14. The Hall–Kier alpha value is -1.56. The minimum absolute atomic E-state index is 0.00897. The van der Waals surface area contributed by atoms with E-state index in [0.29, 0.717) is 0 Å². The number of nitrogens with one attached hydrogen (secondary N) is 1. The third kappa shape index (κ3) is 4.25. The molecule has 1 aromatic rings. The largest absolute Gasteiger partial charge is 0.323 e. The Morgan fingerprint density at radius 3 is 2.52 bits per heavy atom. The predicted molar refractivity (Wildman–Crippen MR) is 91.6 cm³/mol. The van der Waals surface area contributed by atoms with Crippen LogP contribution in [-0.2, 0) is 7.05 Å². The number of hydrogen-bond donors (Lipinski definition) is 1. The quantitative estimate of drug-likeness (QED) is 0.931. The van der Waals surface area contributed by atoms with Gasteiger partial charge in [-0.15, -0.1) is 0 Å². The molecule has 1 saturated carbocycles. The van der Waals surface area contributed by atoms with Gasteiger partial charge in [0.15, 0.2) is 0 Å². The number of rotatable bonds is 3. The molecule has 0 bridgehead atoms. The second-order valence-electron chi connectivity index (χ2n) is 7.02. The molecule has 1 aromatic heterocycles. The van der Waals surface area contributed by atoms with E-state index in [4.69, 9.17) is 0 Å². The average Bonchev–Trinajstić information content (AvgIpc) is 2.86. The molecule has 0 unspecified atom stereocenters. The van der Waals surface area contributed by atoms with E-state index in [1.165, 1.54) is 38.6 Å². The number of nitrogens with zero attached hydrogens (tertiary/aromatic N) is 4. The summed E-state index contributed by atoms with van der Waals surface area (Å²) in [4.78, 5) is 16.8. The number of aromatic nitrogens is 2. The van der Waals surface area contributed by atoms with Crippen LogP contribution in [0, 0.1) is 12.8 Å². The normalized spacial score (nSPS) is 20.7. The smallest absolute Gasteiger partial charge is 0.322 e. The highest BCUT2D eigenvalue weighted by molar-refractivity contribution is 5.88. The van der Waals surface area contributed by atoms with Gasteiger partial charge in [-0.05, 0) is 25.7 Å². The van der Waals surface area contributed by atoms with Crippen LogP contribution in [0.25, 0.3) is 0 Å². The molecule has 1 N–H and O–H groups in total. The molecular formula is C17H29N5O. The molecule has 0 aromatic carbocycles. The van der Waals surface area contributed by atoms with E-state index in [2.05, 4.69) is 15.3 Å². The molecule has 1 aliphatic carbocycles. The Morgan fingerprint density at radius 2 is 1.91 bits per heavy atom. The Morgan fingerprint density at radius 1 is 1.22 bits per heavy atom. The summed E-state index contributed by atoms with van der Waals surface area (Å²) in [6, 6.07) is 1.89. The first-order valence-electron chi connectivity index (χ1n) is 8.91. The van der Waals surface area contributed by atoms with Crippen LogP contribution in [0.3, 0.4) is 0 Å². The molecule has 0 spiro atoms. The number of carbonyl (C=O) groups excluding carboxylic acids is 1. The zero-order valence-electron chi connectivity index (χ0n) is 14.4. The van der Waals surface area contributed by atoms with Crippen LogP contribution in [0.2, 0.25) is 0 Å². The van der Waals surface area contributed by atoms with Gasteiger partial charge in [0.1, 0.15) is 5.82 Å². The van der Waals surface area contributed by atoms with Crippen molar-refractivity contribution < 1.29 is 4.79 Å². The van der Waals surface area contributed by atoms with E-state index < -0.39 is 0 Å². The number of piperazine rings is 1. The minimum atomic E-state index is -0.00897. The fourth-order valence-electron chi connectivity index (χ4n) is 3.78. The molecule has 2 amide bonds. The summed E-state index contributed by atoms with van der Waals surface area (Å²) in [5.41, 5.74) is 0.917. The minimum Gasteiger partial charge on any atom is -0.322 e. The molecule has 0 radical (unpaired) electrons. The predicted octanol–water partition coefficient (Wildman–Crippen LogP) is 2.46. The lowest BCUT2D eigenvalue weighted by Crippen LogP contribution is -2.51. The van der Waals surface area contributed by atoms with Gasteiger partial charge in [0, 0.05) is 45.8 Å². The number of anilines is 1. The van der Waals surface area contributed by atoms with E-state index >= 15 is 0 Å². The number of carbonyl (C=O) groups is 1. The maximum absolute atomic E-state index is 12.4. The number of urea groups is 1. The van der Waals surface area contributed by atoms with Crippen LogP contribution >= 0.6 is 0 Å². The van der Waals surface area contributed by atoms with Crippen LogP contribution in [0.1, 0.15) is 37.8 Å². The van der Waals surface area contributed by atoms with Crippen molar-refractivity contribution in [2.75, 3.05) is 38.0 Å². The summed E-state index contributed by atoms with van der Waals surface area (Å²) in [6.07, 6.45) is 6.99. The molecule has 1 saturated heterocycles. The van der Waals surface area contributed by atoms with Crippen LogP contribution in [0.15, 0.2) is 6.07 Å². The van der Waals surface area contributed by atoms with Crippen LogP contribution < -0.4 is 5.32 Å². The molecule has 2 fully saturated rings. The zero-order chi connectivity index (χ0) is 16.2. The zero-order valence-corrected chi connectivity index (χ0v) is 14.4. The summed E-state index contributed by atoms with van der Waals surface area (Å²) < 4.78 is 1.71. The van der Waals surface area contributed by atoms with E-state index in [-0.39, 0.29) is 6.03 Å². The highest BCUT2D eigenvalue weighted by Crippen LogP contribution is 2.24. The summed E-state index contributed by atoms with van der Waals surface area (Å²) in [5, 5.41) is 7.23. The first-order chi connectivity index (χ1) is 11.1. The van der Waals surface area contributed by atoms with Gasteiger partial charge in [0.05, 0.1) is 5.69 Å². The Kier molecular flexibility index (Phi) is 5.20. The summed E-state index contributed by atoms with van der Waals surface area (Å²) in [7, 11) is 1.85. The molecular weight excluding hydrogens is 290 g/mol. The monoisotopic (exact) mass is 319 g/mol. The maximum Gasteiger partial charge on any atom is 0.323 e. The van der Waals surface area contributed by atoms with Gasteiger partial charge < -0.3 is 4.90 Å². The molecule has 6 heteroatoms. The van der Waals surface area contributed by atoms with Gasteiger partial charge in [-0.25, -0.2) is 4.79 Å². The van der Waals surface area contributed by atoms with E-state index in [1.54, 1.807) is 4.68 Å². The molecule has 6 nitrogen and oxygen atoms in total. The van der Waals surface area contributed by atoms with E-state index in [0.717, 1.165) is 43.6 Å². The number of aryl methyl sites for hydroxylation is 2. The average molecular weight is 319 g/mol. The molecule has 2 aliphatic rings. The van der Waals surface area contributed by atoms with Crippen molar-refractivity contribution in [3.05, 3.63) is 11.8 Å². The highest BCUT2D eigenvalue weighted by Gasteiger charge is 2.24. The Bertz CT molecular complexity index is 527. The van der Waals surface area contributed by atoms with Crippen molar-refractivity contribution in [2.45, 2.75) is 39.0 Å². The Balaban J connectivity index is 1.44. The topological polar surface area (TPSA) is 53.4 Å². The van der Waals surface area contributed by atoms with Gasteiger partial charge in [-0.3, -0.25) is 14.9 Å². The molecule has 3 rings (SSSR count). The third-order valence-electron chi connectivity index (χ3n) is 5.14. The summed E-state index contributed by atoms with van der Waals surface area (Å²) in [5.74, 6) is 1.64. The molecule has 23 heavy (non-hydrogen) atoms. The SMILES string of the molecule is Cc1cc(NC(=O)N2CCN(CC3CCCCC3)CC2)n(C)n1. The van der Waals surface area contributed by atoms with Gasteiger partial charge >= 0.3 is 6.03 Å². The van der Waals surface area contributed by atoms with Crippen molar-refractivity contribution in [1.82, 2.24) is 19.6 Å². The van der Waals surface area contributed by atoms with Crippen LogP contribution in [-0.4, -0.2) is 58.3 Å². The molecule has 2 heterocycles. The van der Waals surface area contributed by atoms with Gasteiger partial charge in [-0.1, -0.05) is 19.3 Å². The summed E-state index contributed by atoms with van der Waals surface area (Å²) in [6.45, 7) is 6.77. The molecule has 1 aliphatic heterocycles. The Labute approximate surface area is 138 Å². The van der Waals surface area contributed by atoms with Crippen molar-refractivity contribution >= 4 is 11.8 Å². The van der Waals surface area contributed by atoms with Crippen LogP contribution in [0.4, 0.5) is 10.6 Å².